The summed E-state index contributed by atoms with van der Waals surface area (Å²) in [4.78, 5) is 14.0. The van der Waals surface area contributed by atoms with Crippen LogP contribution in [-0.4, -0.2) is 49.9 Å². The summed E-state index contributed by atoms with van der Waals surface area (Å²) in [7, 11) is -2.97. The SMILES string of the molecule is CC(N)C1CCN(C(=O)C2CCS(=O)(=O)C2)CC1. The first-order valence-electron chi connectivity index (χ1n) is 6.64. The van der Waals surface area contributed by atoms with E-state index in [1.165, 1.54) is 0 Å². The maximum atomic E-state index is 12.2. The van der Waals surface area contributed by atoms with Crippen LogP contribution < -0.4 is 5.73 Å². The molecule has 6 heteroatoms. The number of sulfone groups is 1. The second-order valence-electron chi connectivity index (χ2n) is 5.62. The van der Waals surface area contributed by atoms with E-state index in [1.807, 2.05) is 11.8 Å². The number of likely N-dealkylation sites (tertiary alicyclic amines) is 1. The van der Waals surface area contributed by atoms with E-state index in [9.17, 15) is 13.2 Å². The Morgan fingerprint density at radius 1 is 1.28 bits per heavy atom. The second kappa shape index (κ2) is 5.17. The number of carbonyl (C=O) groups is 1. The fourth-order valence-electron chi connectivity index (χ4n) is 2.89. The first-order chi connectivity index (χ1) is 8.39. The van der Waals surface area contributed by atoms with Crippen LogP contribution >= 0.6 is 0 Å². The summed E-state index contributed by atoms with van der Waals surface area (Å²) in [5, 5.41) is 0. The van der Waals surface area contributed by atoms with E-state index in [0.717, 1.165) is 25.9 Å². The zero-order valence-electron chi connectivity index (χ0n) is 10.8. The minimum Gasteiger partial charge on any atom is -0.342 e. The molecule has 0 spiro atoms. The Labute approximate surface area is 109 Å². The summed E-state index contributed by atoms with van der Waals surface area (Å²) in [5.74, 6) is 0.418. The summed E-state index contributed by atoms with van der Waals surface area (Å²) in [6, 6.07) is 0.175. The molecule has 104 valence electrons. The van der Waals surface area contributed by atoms with Crippen LogP contribution in [0.3, 0.4) is 0 Å². The molecule has 2 rings (SSSR count). The van der Waals surface area contributed by atoms with Gasteiger partial charge in [-0.05, 0) is 32.1 Å². The lowest BCUT2D eigenvalue weighted by molar-refractivity contribution is -0.136. The Morgan fingerprint density at radius 3 is 2.33 bits per heavy atom. The molecule has 5 nitrogen and oxygen atoms in total. The minimum atomic E-state index is -2.97. The zero-order chi connectivity index (χ0) is 13.3. The molecule has 0 saturated carbocycles. The third-order valence-electron chi connectivity index (χ3n) is 4.18. The average Bonchev–Trinajstić information content (AvgIpc) is 2.69. The van der Waals surface area contributed by atoms with Crippen LogP contribution in [0.4, 0.5) is 0 Å². The van der Waals surface area contributed by atoms with Crippen molar-refractivity contribution in [1.82, 2.24) is 4.90 Å². The molecule has 2 aliphatic heterocycles. The smallest absolute Gasteiger partial charge is 0.226 e. The van der Waals surface area contributed by atoms with E-state index in [4.69, 9.17) is 5.73 Å². The zero-order valence-corrected chi connectivity index (χ0v) is 11.7. The number of piperidine rings is 1. The van der Waals surface area contributed by atoms with Crippen LogP contribution in [0.25, 0.3) is 0 Å². The van der Waals surface area contributed by atoms with Gasteiger partial charge in [-0.2, -0.15) is 0 Å². The van der Waals surface area contributed by atoms with Gasteiger partial charge in [-0.25, -0.2) is 8.42 Å². The predicted octanol–water partition coefficient (Wildman–Crippen LogP) is 0.00690. The monoisotopic (exact) mass is 274 g/mol. The van der Waals surface area contributed by atoms with Gasteiger partial charge in [0, 0.05) is 19.1 Å². The minimum absolute atomic E-state index is 0.0270. The van der Waals surface area contributed by atoms with Crippen molar-refractivity contribution in [1.29, 1.82) is 0 Å². The fourth-order valence-corrected chi connectivity index (χ4v) is 4.63. The maximum absolute atomic E-state index is 12.2. The quantitative estimate of drug-likeness (QED) is 0.769. The van der Waals surface area contributed by atoms with E-state index in [2.05, 4.69) is 0 Å². The van der Waals surface area contributed by atoms with Crippen LogP contribution in [0.2, 0.25) is 0 Å². The van der Waals surface area contributed by atoms with E-state index in [1.54, 1.807) is 0 Å². The number of nitrogens with zero attached hydrogens (tertiary/aromatic N) is 1. The van der Waals surface area contributed by atoms with Crippen molar-refractivity contribution in [2.24, 2.45) is 17.6 Å². The molecule has 2 saturated heterocycles. The molecule has 0 bridgehead atoms. The lowest BCUT2D eigenvalue weighted by Crippen LogP contribution is -2.45. The van der Waals surface area contributed by atoms with Crippen LogP contribution in [0.5, 0.6) is 0 Å². The second-order valence-corrected chi connectivity index (χ2v) is 7.85. The van der Waals surface area contributed by atoms with E-state index >= 15 is 0 Å². The lowest BCUT2D eigenvalue weighted by Gasteiger charge is -2.34. The van der Waals surface area contributed by atoms with Gasteiger partial charge in [0.1, 0.15) is 0 Å². The molecule has 2 atom stereocenters. The third kappa shape index (κ3) is 3.03. The lowest BCUT2D eigenvalue weighted by atomic mass is 9.90. The highest BCUT2D eigenvalue weighted by Crippen LogP contribution is 2.25. The number of rotatable bonds is 2. The standard InChI is InChI=1S/C12H22N2O3S/c1-9(13)10-2-5-14(6-3-10)12(15)11-4-7-18(16,17)8-11/h9-11H,2-8,13H2,1H3. The van der Waals surface area contributed by atoms with Gasteiger partial charge in [0.05, 0.1) is 17.4 Å². The van der Waals surface area contributed by atoms with Gasteiger partial charge in [-0.1, -0.05) is 0 Å². The Balaban J connectivity index is 1.89. The maximum Gasteiger partial charge on any atom is 0.226 e. The average molecular weight is 274 g/mol. The molecule has 0 aromatic heterocycles. The highest BCUT2D eigenvalue weighted by molar-refractivity contribution is 7.91. The summed E-state index contributed by atoms with van der Waals surface area (Å²) in [6.07, 6.45) is 2.36. The number of hydrogen-bond donors (Lipinski definition) is 1. The van der Waals surface area contributed by atoms with Crippen molar-refractivity contribution in [3.05, 3.63) is 0 Å². The van der Waals surface area contributed by atoms with Crippen molar-refractivity contribution < 1.29 is 13.2 Å². The van der Waals surface area contributed by atoms with Crippen molar-refractivity contribution in [3.8, 4) is 0 Å². The topological polar surface area (TPSA) is 80.5 Å². The van der Waals surface area contributed by atoms with Crippen LogP contribution in [0, 0.1) is 11.8 Å². The Morgan fingerprint density at radius 2 is 1.89 bits per heavy atom. The molecule has 0 aromatic rings. The highest BCUT2D eigenvalue weighted by Gasteiger charge is 2.36. The van der Waals surface area contributed by atoms with Crippen LogP contribution in [0.15, 0.2) is 0 Å². The van der Waals surface area contributed by atoms with Gasteiger partial charge in [0.25, 0.3) is 0 Å². The van der Waals surface area contributed by atoms with Crippen LogP contribution in [-0.2, 0) is 14.6 Å². The molecular weight excluding hydrogens is 252 g/mol. The molecule has 18 heavy (non-hydrogen) atoms. The van der Waals surface area contributed by atoms with Crippen molar-refractivity contribution in [2.45, 2.75) is 32.2 Å². The summed E-state index contributed by atoms with van der Waals surface area (Å²) in [6.45, 7) is 3.45. The van der Waals surface area contributed by atoms with E-state index in [0.29, 0.717) is 12.3 Å². The summed E-state index contributed by atoms with van der Waals surface area (Å²) in [5.41, 5.74) is 5.86. The summed E-state index contributed by atoms with van der Waals surface area (Å²) >= 11 is 0. The number of hydrogen-bond acceptors (Lipinski definition) is 4. The normalized spacial score (nSPS) is 30.3. The molecule has 2 unspecified atom stereocenters. The van der Waals surface area contributed by atoms with Crippen molar-refractivity contribution in [2.75, 3.05) is 24.6 Å². The number of nitrogens with two attached hydrogens (primary N) is 1. The van der Waals surface area contributed by atoms with E-state index in [-0.39, 0.29) is 29.4 Å². The Bertz CT molecular complexity index is 411. The first-order valence-corrected chi connectivity index (χ1v) is 8.46. The third-order valence-corrected chi connectivity index (χ3v) is 5.94. The van der Waals surface area contributed by atoms with Gasteiger partial charge in [-0.15, -0.1) is 0 Å². The Kier molecular flexibility index (Phi) is 3.96. The molecular formula is C12H22N2O3S. The molecule has 0 aliphatic carbocycles. The van der Waals surface area contributed by atoms with Gasteiger partial charge in [-0.3, -0.25) is 4.79 Å². The predicted molar refractivity (Wildman–Crippen MR) is 69.7 cm³/mol. The Hall–Kier alpha value is -0.620. The molecule has 0 aromatic carbocycles. The molecule has 2 N–H and O–H groups in total. The molecule has 1 amide bonds. The van der Waals surface area contributed by atoms with Crippen molar-refractivity contribution >= 4 is 15.7 Å². The number of carbonyl (C=O) groups excluding carboxylic acids is 1. The van der Waals surface area contributed by atoms with Gasteiger partial charge in [0.2, 0.25) is 5.91 Å². The molecule has 0 radical (unpaired) electrons. The van der Waals surface area contributed by atoms with Gasteiger partial charge < -0.3 is 10.6 Å². The molecule has 2 aliphatic rings. The first kappa shape index (κ1) is 13.8. The van der Waals surface area contributed by atoms with Gasteiger partial charge in [0.15, 0.2) is 9.84 Å². The van der Waals surface area contributed by atoms with Crippen LogP contribution in [0.1, 0.15) is 26.2 Å². The number of amides is 1. The highest BCUT2D eigenvalue weighted by atomic mass is 32.2. The van der Waals surface area contributed by atoms with E-state index < -0.39 is 9.84 Å². The van der Waals surface area contributed by atoms with Gasteiger partial charge >= 0.3 is 0 Å². The summed E-state index contributed by atoms with van der Waals surface area (Å²) < 4.78 is 22.8. The fraction of sp³-hybridized carbons (Fsp3) is 0.917. The molecule has 2 fully saturated rings. The molecule has 2 heterocycles. The largest absolute Gasteiger partial charge is 0.342 e. The van der Waals surface area contributed by atoms with Crippen molar-refractivity contribution in [3.63, 3.8) is 0 Å².